The highest BCUT2D eigenvalue weighted by molar-refractivity contribution is 7.88. The molecule has 1 aliphatic carbocycles. The Balaban J connectivity index is 1.33. The number of aromatic nitrogens is 1. The zero-order chi connectivity index (χ0) is 26.5. The summed E-state index contributed by atoms with van der Waals surface area (Å²) in [6, 6.07) is 11.2. The van der Waals surface area contributed by atoms with Gasteiger partial charge in [0.1, 0.15) is 11.6 Å². The lowest BCUT2D eigenvalue weighted by Gasteiger charge is -2.28. The van der Waals surface area contributed by atoms with E-state index in [-0.39, 0.29) is 17.6 Å². The summed E-state index contributed by atoms with van der Waals surface area (Å²) in [5.41, 5.74) is -4.58. The number of anilines is 1. The van der Waals surface area contributed by atoms with E-state index in [1.807, 2.05) is 18.2 Å². The number of hydrogen-bond donors (Lipinski definition) is 0. The topological polar surface area (TPSA) is 79.8 Å². The van der Waals surface area contributed by atoms with Gasteiger partial charge in [0.25, 0.3) is 0 Å². The quantitative estimate of drug-likeness (QED) is 0.326. The molecule has 1 saturated heterocycles. The predicted octanol–water partition coefficient (Wildman–Crippen LogP) is 5.10. The van der Waals surface area contributed by atoms with Gasteiger partial charge in [-0.05, 0) is 67.5 Å². The normalized spacial score (nSPS) is 19.6. The van der Waals surface area contributed by atoms with E-state index >= 15 is 0 Å². The van der Waals surface area contributed by atoms with Gasteiger partial charge in [-0.3, -0.25) is 9.69 Å². The summed E-state index contributed by atoms with van der Waals surface area (Å²) in [6.07, 6.45) is 8.88. The van der Waals surface area contributed by atoms with Crippen LogP contribution >= 0.6 is 0 Å². The van der Waals surface area contributed by atoms with Crippen LogP contribution in [-0.2, 0) is 14.9 Å². The molecule has 0 spiro atoms. The third-order valence-electron chi connectivity index (χ3n) is 7.17. The molecule has 1 aliphatic heterocycles. The molecular formula is C26H32F3N3O4S. The number of hydrogen-bond acceptors (Lipinski definition) is 6. The second-order valence-electron chi connectivity index (χ2n) is 9.78. The van der Waals surface area contributed by atoms with Crippen molar-refractivity contribution in [3.63, 3.8) is 0 Å². The molecule has 0 radical (unpaired) electrons. The highest BCUT2D eigenvalue weighted by atomic mass is 32.2. The minimum Gasteiger partial charge on any atom is -0.376 e. The highest BCUT2D eigenvalue weighted by Crippen LogP contribution is 2.31. The van der Waals surface area contributed by atoms with Crippen LogP contribution in [0.1, 0.15) is 56.4 Å². The van der Waals surface area contributed by atoms with Crippen LogP contribution < -0.4 is 9.08 Å². The molecule has 1 aromatic heterocycles. The van der Waals surface area contributed by atoms with Gasteiger partial charge in [-0.1, -0.05) is 37.5 Å². The van der Waals surface area contributed by atoms with E-state index in [4.69, 9.17) is 0 Å². The summed E-state index contributed by atoms with van der Waals surface area (Å²) in [6.45, 7) is 2.75. The Labute approximate surface area is 215 Å². The largest absolute Gasteiger partial charge is 0.534 e. The second kappa shape index (κ2) is 11.8. The molecule has 2 aliphatic rings. The van der Waals surface area contributed by atoms with Gasteiger partial charge in [-0.2, -0.15) is 21.6 Å². The van der Waals surface area contributed by atoms with Crippen molar-refractivity contribution < 1.29 is 30.6 Å². The van der Waals surface area contributed by atoms with Gasteiger partial charge in [-0.25, -0.2) is 4.98 Å². The molecule has 11 heteroatoms. The van der Waals surface area contributed by atoms with E-state index < -0.39 is 15.6 Å². The van der Waals surface area contributed by atoms with E-state index in [9.17, 15) is 26.4 Å². The molecular weight excluding hydrogens is 507 g/mol. The lowest BCUT2D eigenvalue weighted by Crippen LogP contribution is -2.39. The number of carbonyl (C=O) groups excluding carboxylic acids is 1. The first-order chi connectivity index (χ1) is 17.6. The Kier molecular flexibility index (Phi) is 8.74. The lowest BCUT2D eigenvalue weighted by atomic mass is 9.86. The van der Waals surface area contributed by atoms with Gasteiger partial charge in [-0.15, -0.1) is 0 Å². The maximum absolute atomic E-state index is 13.2. The molecule has 2 fully saturated rings. The number of benzene rings is 1. The van der Waals surface area contributed by atoms with Crippen LogP contribution in [-0.4, -0.2) is 55.9 Å². The maximum Gasteiger partial charge on any atom is 0.534 e. The second-order valence-corrected chi connectivity index (χ2v) is 11.3. The Bertz CT molecular complexity index is 1140. The molecule has 202 valence electrons. The van der Waals surface area contributed by atoms with Gasteiger partial charge in [0.05, 0.1) is 0 Å². The molecule has 1 saturated carbocycles. The number of pyridine rings is 1. The first-order valence-electron chi connectivity index (χ1n) is 12.7. The van der Waals surface area contributed by atoms with Crippen molar-refractivity contribution in [1.29, 1.82) is 0 Å². The van der Waals surface area contributed by atoms with Crippen LogP contribution in [0.25, 0.3) is 0 Å². The Morgan fingerprint density at radius 1 is 1.05 bits per heavy atom. The molecule has 1 unspecified atom stereocenters. The van der Waals surface area contributed by atoms with Crippen molar-refractivity contribution in [3.05, 3.63) is 54.2 Å². The van der Waals surface area contributed by atoms with Gasteiger partial charge in [0, 0.05) is 32.3 Å². The molecule has 4 rings (SSSR count). The van der Waals surface area contributed by atoms with Crippen molar-refractivity contribution >= 4 is 21.8 Å². The summed E-state index contributed by atoms with van der Waals surface area (Å²) in [4.78, 5) is 21.7. The third-order valence-corrected chi connectivity index (χ3v) is 8.15. The highest BCUT2D eigenvalue weighted by Gasteiger charge is 2.48. The van der Waals surface area contributed by atoms with E-state index in [1.165, 1.54) is 31.4 Å². The Morgan fingerprint density at radius 3 is 2.43 bits per heavy atom. The third kappa shape index (κ3) is 7.22. The fraction of sp³-hybridized carbons (Fsp3) is 0.538. The van der Waals surface area contributed by atoms with Gasteiger partial charge in [0.2, 0.25) is 5.91 Å². The van der Waals surface area contributed by atoms with Crippen LogP contribution in [0.15, 0.2) is 48.7 Å². The SMILES string of the molecule is O=C(CC1CCCCC1)N(CCN1CCC(c2ccc(OS(=O)(=O)C(F)(F)F)cc2)C1)c1ccccn1. The van der Waals surface area contributed by atoms with Crippen LogP contribution in [0.4, 0.5) is 19.0 Å². The van der Waals surface area contributed by atoms with E-state index in [0.29, 0.717) is 31.2 Å². The molecule has 1 atom stereocenters. The van der Waals surface area contributed by atoms with Crippen molar-refractivity contribution in [2.75, 3.05) is 31.1 Å². The molecule has 2 heterocycles. The molecule has 0 bridgehead atoms. The molecule has 7 nitrogen and oxygen atoms in total. The van der Waals surface area contributed by atoms with E-state index in [0.717, 1.165) is 37.9 Å². The minimum absolute atomic E-state index is 0.103. The number of carbonyl (C=O) groups is 1. The number of nitrogens with zero attached hydrogens (tertiary/aromatic N) is 3. The summed E-state index contributed by atoms with van der Waals surface area (Å²) in [7, 11) is -5.69. The maximum atomic E-state index is 13.2. The summed E-state index contributed by atoms with van der Waals surface area (Å²) in [5, 5.41) is 0. The van der Waals surface area contributed by atoms with Crippen LogP contribution in [0, 0.1) is 5.92 Å². The summed E-state index contributed by atoms with van der Waals surface area (Å²) >= 11 is 0. The zero-order valence-electron chi connectivity index (χ0n) is 20.6. The number of rotatable bonds is 9. The first kappa shape index (κ1) is 27.4. The lowest BCUT2D eigenvalue weighted by molar-refractivity contribution is -0.119. The number of amides is 1. The van der Waals surface area contributed by atoms with Crippen molar-refractivity contribution in [3.8, 4) is 5.75 Å². The minimum atomic E-state index is -5.69. The monoisotopic (exact) mass is 539 g/mol. The standard InChI is InChI=1S/C26H32F3N3O4S/c27-26(28,29)37(34,35)36-23-11-9-21(10-12-23)22-13-15-31(19-22)16-17-32(24-8-4-5-14-30-24)25(33)18-20-6-2-1-3-7-20/h4-5,8-12,14,20,22H,1-3,6-7,13,15-19H2. The van der Waals surface area contributed by atoms with E-state index in [2.05, 4.69) is 14.1 Å². The zero-order valence-corrected chi connectivity index (χ0v) is 21.4. The molecule has 0 N–H and O–H groups in total. The molecule has 1 aromatic carbocycles. The van der Waals surface area contributed by atoms with Gasteiger partial charge < -0.3 is 9.08 Å². The van der Waals surface area contributed by atoms with Gasteiger partial charge >= 0.3 is 15.6 Å². The number of halogens is 3. The fourth-order valence-electron chi connectivity index (χ4n) is 5.15. The number of alkyl halides is 3. The van der Waals surface area contributed by atoms with Crippen molar-refractivity contribution in [1.82, 2.24) is 9.88 Å². The fourth-order valence-corrected chi connectivity index (χ4v) is 5.61. The Morgan fingerprint density at radius 2 is 1.78 bits per heavy atom. The summed E-state index contributed by atoms with van der Waals surface area (Å²) in [5.74, 6) is 0.962. The smallest absolute Gasteiger partial charge is 0.376 e. The van der Waals surface area contributed by atoms with Crippen LogP contribution in [0.3, 0.4) is 0 Å². The first-order valence-corrected chi connectivity index (χ1v) is 14.1. The Hall–Kier alpha value is -2.66. The average molecular weight is 540 g/mol. The van der Waals surface area contributed by atoms with Crippen molar-refractivity contribution in [2.24, 2.45) is 5.92 Å². The van der Waals surface area contributed by atoms with Crippen molar-refractivity contribution in [2.45, 2.75) is 56.4 Å². The molecule has 1 amide bonds. The molecule has 2 aromatic rings. The molecule has 37 heavy (non-hydrogen) atoms. The number of likely N-dealkylation sites (tertiary alicyclic amines) is 1. The summed E-state index contributed by atoms with van der Waals surface area (Å²) < 4.78 is 64.2. The van der Waals surface area contributed by atoms with E-state index in [1.54, 1.807) is 23.2 Å². The van der Waals surface area contributed by atoms with Gasteiger partial charge in [0.15, 0.2) is 0 Å². The predicted molar refractivity (Wildman–Crippen MR) is 134 cm³/mol. The van der Waals surface area contributed by atoms with Crippen LogP contribution in [0.5, 0.6) is 5.75 Å². The average Bonchev–Trinajstić information content (AvgIpc) is 3.34. The van der Waals surface area contributed by atoms with Crippen LogP contribution in [0.2, 0.25) is 0 Å².